The number of rotatable bonds is 13. The summed E-state index contributed by atoms with van der Waals surface area (Å²) in [5.74, 6) is 0.128. The zero-order valence-electron chi connectivity index (χ0n) is 22.9. The third kappa shape index (κ3) is 6.09. The van der Waals surface area contributed by atoms with Gasteiger partial charge in [0, 0.05) is 31.0 Å². The van der Waals surface area contributed by atoms with Gasteiger partial charge in [0.15, 0.2) is 0 Å². The molecular weight excluding hydrogens is 566 g/mol. The van der Waals surface area contributed by atoms with Crippen LogP contribution in [0.1, 0.15) is 39.5 Å². The first kappa shape index (κ1) is 28.7. The summed E-state index contributed by atoms with van der Waals surface area (Å²) in [5, 5.41) is 23.5. The second-order valence-electron chi connectivity index (χ2n) is 9.87. The minimum Gasteiger partial charge on any atom is -0.466 e. The Kier molecular flexibility index (Phi) is 8.34. The van der Waals surface area contributed by atoms with E-state index in [1.807, 2.05) is 24.6 Å². The van der Waals surface area contributed by atoms with Crippen LogP contribution in [0.3, 0.4) is 0 Å². The van der Waals surface area contributed by atoms with E-state index in [1.54, 1.807) is 34.9 Å². The van der Waals surface area contributed by atoms with Gasteiger partial charge in [-0.15, -0.1) is 11.3 Å². The van der Waals surface area contributed by atoms with Crippen molar-refractivity contribution in [2.45, 2.75) is 51.6 Å². The number of carbonyl (C=O) groups is 1. The van der Waals surface area contributed by atoms with Crippen molar-refractivity contribution in [3.05, 3.63) is 36.2 Å². The molecule has 4 aromatic heterocycles. The Bertz CT molecular complexity index is 1680. The molecule has 1 fully saturated rings. The number of carbonyl (C=O) groups excluding carboxylic acids is 1. The Hall–Kier alpha value is -3.87. The van der Waals surface area contributed by atoms with Crippen LogP contribution in [0, 0.1) is 11.3 Å². The highest BCUT2D eigenvalue weighted by Gasteiger charge is 2.49. The smallest absolute Gasteiger partial charge is 0.307 e. The van der Waals surface area contributed by atoms with E-state index in [2.05, 4.69) is 26.6 Å². The number of thiophene rings is 1. The van der Waals surface area contributed by atoms with Crippen LogP contribution in [0.2, 0.25) is 0 Å². The Labute approximate surface area is 241 Å². The summed E-state index contributed by atoms with van der Waals surface area (Å²) in [7, 11) is -3.35. The van der Waals surface area contributed by atoms with Gasteiger partial charge < -0.3 is 10.1 Å². The van der Waals surface area contributed by atoms with Gasteiger partial charge in [0.1, 0.15) is 5.54 Å². The summed E-state index contributed by atoms with van der Waals surface area (Å²) in [6, 6.07) is 4.10. The van der Waals surface area contributed by atoms with Crippen LogP contribution >= 0.6 is 11.3 Å². The highest BCUT2D eigenvalue weighted by Crippen LogP contribution is 2.37. The van der Waals surface area contributed by atoms with Crippen molar-refractivity contribution >= 4 is 49.2 Å². The molecule has 0 amide bonds. The quantitative estimate of drug-likeness (QED) is 0.178. The molecule has 0 radical (unpaired) electrons. The third-order valence-corrected chi connectivity index (χ3v) is 9.63. The van der Waals surface area contributed by atoms with Crippen molar-refractivity contribution in [2.75, 3.05) is 30.8 Å². The van der Waals surface area contributed by atoms with E-state index in [9.17, 15) is 18.5 Å². The van der Waals surface area contributed by atoms with Crippen LogP contribution in [0.25, 0.3) is 21.5 Å². The Morgan fingerprint density at radius 3 is 2.80 bits per heavy atom. The van der Waals surface area contributed by atoms with Gasteiger partial charge >= 0.3 is 5.97 Å². The van der Waals surface area contributed by atoms with Crippen molar-refractivity contribution in [3.8, 4) is 17.3 Å². The molecule has 1 aliphatic heterocycles. The monoisotopic (exact) mass is 597 g/mol. The summed E-state index contributed by atoms with van der Waals surface area (Å²) >= 11 is 1.51. The lowest BCUT2D eigenvalue weighted by atomic mass is 9.89. The van der Waals surface area contributed by atoms with Crippen molar-refractivity contribution in [2.24, 2.45) is 0 Å². The molecule has 0 unspecified atom stereocenters. The van der Waals surface area contributed by atoms with E-state index in [1.165, 1.54) is 15.6 Å². The molecule has 0 bridgehead atoms. The van der Waals surface area contributed by atoms with E-state index in [-0.39, 0.29) is 37.7 Å². The molecule has 1 N–H and O–H groups in total. The second kappa shape index (κ2) is 11.9. The van der Waals surface area contributed by atoms with E-state index in [0.29, 0.717) is 30.5 Å². The van der Waals surface area contributed by atoms with E-state index in [0.717, 1.165) is 28.6 Å². The maximum atomic E-state index is 12.3. The number of fused-ring (bicyclic) bond motifs is 1. The second-order valence-corrected chi connectivity index (χ2v) is 13.0. The van der Waals surface area contributed by atoms with Crippen LogP contribution in [-0.4, -0.2) is 73.7 Å². The molecule has 216 valence electrons. The molecule has 0 atom stereocenters. The average Bonchev–Trinajstić information content (AvgIpc) is 3.70. The number of sulfonamides is 1. The third-order valence-electron chi connectivity index (χ3n) is 6.95. The number of nitrogens with one attached hydrogen (secondary N) is 1. The van der Waals surface area contributed by atoms with Gasteiger partial charge in [-0.05, 0) is 24.8 Å². The lowest BCUT2D eigenvalue weighted by Gasteiger charge is -2.47. The molecule has 5 rings (SSSR count). The predicted octanol–water partition coefficient (Wildman–Crippen LogP) is 3.50. The fraction of sp³-hybridized carbons (Fsp3) is 0.462. The fourth-order valence-electron chi connectivity index (χ4n) is 4.58. The minimum absolute atomic E-state index is 0.0115. The standard InChI is InChI=1S/C26H31N9O4S2/c1-3-5-11-39-22(36)6-10-33-16-20(14-28-33)30-25-31-21-7-12-40-24(21)23(32-25)19-13-29-35(15-19)26(8-9-27)17-34(18-26)41(37,38)4-2/h7,12-16H,3-6,8,10-11,17-18H2,1-2H3,(H,30,31,32). The molecule has 13 nitrogen and oxygen atoms in total. The topological polar surface area (TPSA) is 161 Å². The zero-order valence-corrected chi connectivity index (χ0v) is 24.5. The highest BCUT2D eigenvalue weighted by molar-refractivity contribution is 7.89. The number of ether oxygens (including phenoxy) is 1. The first-order valence-corrected chi connectivity index (χ1v) is 15.9. The molecular formula is C26H31N9O4S2. The van der Waals surface area contributed by atoms with Crippen molar-refractivity contribution < 1.29 is 17.9 Å². The van der Waals surface area contributed by atoms with Crippen molar-refractivity contribution in [1.82, 2.24) is 33.8 Å². The first-order valence-electron chi connectivity index (χ1n) is 13.4. The molecule has 5 heterocycles. The van der Waals surface area contributed by atoms with E-state index < -0.39 is 15.6 Å². The summed E-state index contributed by atoms with van der Waals surface area (Å²) in [6.45, 7) is 4.87. The van der Waals surface area contributed by atoms with Gasteiger partial charge in [-0.3, -0.25) is 14.2 Å². The number of hydrogen-bond acceptors (Lipinski definition) is 11. The largest absolute Gasteiger partial charge is 0.466 e. The maximum Gasteiger partial charge on any atom is 0.307 e. The normalized spacial score (nSPS) is 15.0. The van der Waals surface area contributed by atoms with Gasteiger partial charge in [0.2, 0.25) is 16.0 Å². The van der Waals surface area contributed by atoms with Crippen LogP contribution in [0.15, 0.2) is 36.2 Å². The number of hydrogen-bond donors (Lipinski definition) is 1. The molecule has 0 saturated carbocycles. The van der Waals surface area contributed by atoms with Gasteiger partial charge in [0.05, 0.1) is 71.8 Å². The van der Waals surface area contributed by atoms with Gasteiger partial charge in [-0.2, -0.15) is 19.8 Å². The number of unbranched alkanes of at least 4 members (excludes halogenated alkanes) is 1. The fourth-order valence-corrected chi connectivity index (χ4v) is 6.66. The Balaban J connectivity index is 1.33. The molecule has 15 heteroatoms. The van der Waals surface area contributed by atoms with Crippen LogP contribution < -0.4 is 5.32 Å². The van der Waals surface area contributed by atoms with Crippen LogP contribution in [0.4, 0.5) is 11.6 Å². The number of nitriles is 1. The molecule has 0 aliphatic carbocycles. The highest BCUT2D eigenvalue weighted by atomic mass is 32.2. The summed E-state index contributed by atoms with van der Waals surface area (Å²) in [6.07, 6.45) is 9.09. The van der Waals surface area contributed by atoms with E-state index >= 15 is 0 Å². The minimum atomic E-state index is -3.35. The SMILES string of the molecule is CCCCOC(=O)CCn1cc(Nc2nc(-c3cnn(C4(CC#N)CN(S(=O)(=O)CC)C4)c3)c3sccc3n2)cn1. The predicted molar refractivity (Wildman–Crippen MR) is 154 cm³/mol. The van der Waals surface area contributed by atoms with Gasteiger partial charge in [0.25, 0.3) is 0 Å². The van der Waals surface area contributed by atoms with Crippen LogP contribution in [0.5, 0.6) is 0 Å². The Morgan fingerprint density at radius 1 is 1.22 bits per heavy atom. The molecule has 41 heavy (non-hydrogen) atoms. The molecule has 1 aliphatic rings. The first-order chi connectivity index (χ1) is 19.8. The molecule has 1 saturated heterocycles. The number of aromatic nitrogens is 6. The maximum absolute atomic E-state index is 12.3. The number of nitrogens with zero attached hydrogens (tertiary/aromatic N) is 8. The zero-order chi connectivity index (χ0) is 29.0. The van der Waals surface area contributed by atoms with Crippen LogP contribution in [-0.2, 0) is 31.6 Å². The number of esters is 1. The average molecular weight is 598 g/mol. The van der Waals surface area contributed by atoms with Gasteiger partial charge in [-0.25, -0.2) is 18.4 Å². The lowest BCUT2D eigenvalue weighted by molar-refractivity contribution is -0.144. The summed E-state index contributed by atoms with van der Waals surface area (Å²) in [4.78, 5) is 21.3. The summed E-state index contributed by atoms with van der Waals surface area (Å²) in [5.41, 5.74) is 2.10. The van der Waals surface area contributed by atoms with Gasteiger partial charge in [-0.1, -0.05) is 13.3 Å². The lowest BCUT2D eigenvalue weighted by Crippen LogP contribution is -2.64. The number of anilines is 2. The molecule has 4 aromatic rings. The van der Waals surface area contributed by atoms with Crippen molar-refractivity contribution in [1.29, 1.82) is 5.26 Å². The van der Waals surface area contributed by atoms with Crippen molar-refractivity contribution in [3.63, 3.8) is 0 Å². The Morgan fingerprint density at radius 2 is 2.05 bits per heavy atom. The molecule has 0 spiro atoms. The number of aryl methyl sites for hydroxylation is 1. The molecule has 0 aromatic carbocycles. The summed E-state index contributed by atoms with van der Waals surface area (Å²) < 4.78 is 35.5. The van der Waals surface area contributed by atoms with E-state index in [4.69, 9.17) is 9.72 Å².